The smallest absolute Gasteiger partial charge is 0.161 e. The van der Waals surface area contributed by atoms with Crippen LogP contribution in [0.2, 0.25) is 0 Å². The largest absolute Gasteiger partial charge is 0.508 e. The molecule has 0 fully saturated rings. The van der Waals surface area contributed by atoms with Gasteiger partial charge in [-0.15, -0.1) is 0 Å². The Kier molecular flexibility index (Phi) is 26.5. The highest BCUT2D eigenvalue weighted by Gasteiger charge is 2.40. The van der Waals surface area contributed by atoms with Crippen LogP contribution >= 0.6 is 0 Å². The quantitative estimate of drug-likeness (QED) is 0.0661. The molecule has 7 aliphatic heterocycles. The summed E-state index contributed by atoms with van der Waals surface area (Å²) in [6, 6.07) is 129. The number of hydrogen-bond donors (Lipinski definition) is 3. The third-order valence-corrected chi connectivity index (χ3v) is 30.8. The van der Waals surface area contributed by atoms with Crippen LogP contribution in [0.3, 0.4) is 0 Å². The van der Waals surface area contributed by atoms with Crippen LogP contribution in [0.25, 0.3) is 0 Å². The summed E-state index contributed by atoms with van der Waals surface area (Å²) in [5.41, 5.74) is 36.8. The summed E-state index contributed by atoms with van der Waals surface area (Å²) >= 11 is 0. The normalized spacial score (nSPS) is 14.4. The van der Waals surface area contributed by atoms with Crippen LogP contribution in [-0.4, -0.2) is 57.3 Å². The van der Waals surface area contributed by atoms with Crippen molar-refractivity contribution in [3.8, 4) is 51.7 Å². The van der Waals surface area contributed by atoms with Crippen LogP contribution in [0.5, 0.6) is 51.7 Å². The van der Waals surface area contributed by atoms with Crippen LogP contribution in [-0.2, 0) is 68.6 Å². The Balaban J connectivity index is 0.000000127. The molecule has 7 aliphatic rings. The lowest BCUT2D eigenvalue weighted by atomic mass is 9.70. The van der Waals surface area contributed by atoms with E-state index in [4.69, 9.17) is 33.2 Å². The van der Waals surface area contributed by atoms with Gasteiger partial charge in [0.2, 0.25) is 0 Å². The first kappa shape index (κ1) is 96.1. The third kappa shape index (κ3) is 19.9. The standard InChI is InChI=1S/C47H45N3O3.C46H45N3O3.C38H36N2O3/c1-32-8-5-11-41(20-32)48-26-35-23-38(14-17-44(35)51-29-48)47(4,39-15-18-45-36(24-39)27-49(30-52-45)42-12-6-9-33(2)21-42)40-16-19-46-37(25-40)28-50(31-53-46)43-13-7-10-34(3)22-43;1-31-8-5-11-40(20-31)47-26-34-23-37(14-17-43(34)50)46(4,38-15-18-44-35(24-38)27-48(29-51-44)41-12-6-9-32(2)21-41)39-16-19-45-36(25-39)28-49(30-52-45)42-13-7-10-33(3)22-42;1-26-6-4-8-33(18-26)39-22-28-20-31(12-16-36(28)42-24-39)38(3,30-10-14-35(41)15-11-30)32-13-17-37-29(21-32)23-40(25-43-37)34-9-5-7-27(2)19-34/h5-25H,26-31H2,1-4H3;5-25,47,50H,26-30H2,1-4H3;4-21,41H,22-25H2,1-3H3. The van der Waals surface area contributed by atoms with E-state index in [9.17, 15) is 10.2 Å². The zero-order chi connectivity index (χ0) is 101. The van der Waals surface area contributed by atoms with Gasteiger partial charge < -0.3 is 83.0 Å². The Morgan fingerprint density at radius 3 is 0.635 bits per heavy atom. The Hall–Kier alpha value is -16.7. The SMILES string of the molecule is Cc1cccc(N2COc3ccc(C(C)(c4ccc(O)cc4)c4ccc5c(c4)CN(c4cccc(C)c4)CO5)cc3C2)c1.Cc1cccc(N2COc3ccc(C(C)(c4ccc5c(c4)CN(c4cccc(C)c4)CO5)c4ccc5c(c4)CN(c4cccc(C)c4)CO5)cc3C2)c1.Cc1cccc(NCc2cc(C(C)(c3ccc4c(c3)CN(c3cccc(C)c3)CO4)c3ccc4c(c3)CN(c3cccc(C)c3)CO4)ccc2O)c1. The number of aromatic hydroxyl groups is 2. The molecule has 17 aromatic rings. The van der Waals surface area contributed by atoms with Crippen LogP contribution in [0, 0.1) is 55.4 Å². The van der Waals surface area contributed by atoms with E-state index >= 15 is 0 Å². The van der Waals surface area contributed by atoms with Gasteiger partial charge in [0.05, 0.1) is 0 Å². The van der Waals surface area contributed by atoms with Crippen LogP contribution in [0.15, 0.2) is 364 Å². The molecule has 744 valence electrons. The third-order valence-electron chi connectivity index (χ3n) is 30.8. The van der Waals surface area contributed by atoms with Crippen molar-refractivity contribution in [2.45, 2.75) is 145 Å². The minimum atomic E-state index is -0.576. The second kappa shape index (κ2) is 40.7. The average molecular weight is 1960 g/mol. The number of rotatable bonds is 19. The topological polar surface area (TPSA) is 140 Å². The predicted octanol–water partition coefficient (Wildman–Crippen LogP) is 28.1. The van der Waals surface area contributed by atoms with Gasteiger partial charge in [-0.25, -0.2) is 0 Å². The van der Waals surface area contributed by atoms with Gasteiger partial charge in [-0.3, -0.25) is 0 Å². The van der Waals surface area contributed by atoms with E-state index in [0.717, 1.165) is 165 Å². The molecule has 0 aliphatic carbocycles. The molecule has 0 atom stereocenters. The molecule has 17 aromatic carbocycles. The van der Waals surface area contributed by atoms with Crippen LogP contribution in [0.1, 0.15) is 160 Å². The zero-order valence-corrected chi connectivity index (χ0v) is 86.1. The minimum Gasteiger partial charge on any atom is -0.508 e. The van der Waals surface area contributed by atoms with Crippen molar-refractivity contribution in [1.82, 2.24) is 0 Å². The number of hydrogen-bond acceptors (Lipinski definition) is 17. The summed E-state index contributed by atoms with van der Waals surface area (Å²) in [7, 11) is 0. The van der Waals surface area contributed by atoms with Gasteiger partial charge in [0.15, 0.2) is 47.1 Å². The molecule has 0 saturated carbocycles. The maximum Gasteiger partial charge on any atom is 0.161 e. The number of benzene rings is 17. The summed E-state index contributed by atoms with van der Waals surface area (Å²) in [5.74, 6) is 7.04. The van der Waals surface area contributed by atoms with Gasteiger partial charge in [-0.1, -0.05) is 158 Å². The van der Waals surface area contributed by atoms with Gasteiger partial charge >= 0.3 is 0 Å². The number of phenolic OH excluding ortho intramolecular Hbond substituents is 2. The summed E-state index contributed by atoms with van der Waals surface area (Å²) in [4.78, 5) is 16.0. The van der Waals surface area contributed by atoms with Gasteiger partial charge in [0.1, 0.15) is 51.7 Å². The maximum atomic E-state index is 11.1. The van der Waals surface area contributed by atoms with Gasteiger partial charge in [-0.05, 0) is 377 Å². The Morgan fingerprint density at radius 1 is 0.216 bits per heavy atom. The number of anilines is 8. The maximum absolute atomic E-state index is 11.1. The Morgan fingerprint density at radius 2 is 0.412 bits per heavy atom. The lowest BCUT2D eigenvalue weighted by Gasteiger charge is -2.37. The van der Waals surface area contributed by atoms with E-state index in [2.05, 4.69) is 443 Å². The Bertz CT molecular complexity index is 7360. The van der Waals surface area contributed by atoms with E-state index in [0.29, 0.717) is 53.7 Å². The lowest BCUT2D eigenvalue weighted by Crippen LogP contribution is -2.34. The number of aryl methyl sites for hydroxylation is 8. The molecule has 0 amide bonds. The molecule has 148 heavy (non-hydrogen) atoms. The molecule has 0 saturated heterocycles. The van der Waals surface area contributed by atoms with Crippen molar-refractivity contribution in [3.63, 3.8) is 0 Å². The number of fused-ring (bicyclic) bond motifs is 7. The Labute approximate surface area is 869 Å². The molecule has 0 aromatic heterocycles. The lowest BCUT2D eigenvalue weighted by molar-refractivity contribution is 0.288. The number of phenols is 2. The van der Waals surface area contributed by atoms with Crippen molar-refractivity contribution < 1.29 is 43.4 Å². The summed E-state index contributed by atoms with van der Waals surface area (Å²) in [6.07, 6.45) is 0. The molecular weight excluding hydrogens is 1830 g/mol. The van der Waals surface area contributed by atoms with Crippen molar-refractivity contribution in [2.75, 3.05) is 86.7 Å². The van der Waals surface area contributed by atoms with Gasteiger partial charge in [0, 0.05) is 159 Å². The van der Waals surface area contributed by atoms with Crippen molar-refractivity contribution in [3.05, 3.63) is 503 Å². The summed E-state index contributed by atoms with van der Waals surface area (Å²) in [6.45, 7) is 33.4. The molecular formula is C131H126N8O9. The average Bonchev–Trinajstić information content (AvgIpc) is 0.745. The van der Waals surface area contributed by atoms with E-state index in [1.807, 2.05) is 24.3 Å². The fourth-order valence-electron chi connectivity index (χ4n) is 22.1. The minimum absolute atomic E-state index is 0.256. The summed E-state index contributed by atoms with van der Waals surface area (Å²) in [5, 5.41) is 24.8. The summed E-state index contributed by atoms with van der Waals surface area (Å²) < 4.78 is 44.2. The highest BCUT2D eigenvalue weighted by Crippen LogP contribution is 2.51. The molecule has 0 unspecified atom stereocenters. The molecule has 0 spiro atoms. The monoisotopic (exact) mass is 1950 g/mol. The molecule has 3 N–H and O–H groups in total. The fourth-order valence-corrected chi connectivity index (χ4v) is 22.1. The van der Waals surface area contributed by atoms with Gasteiger partial charge in [0.25, 0.3) is 0 Å². The molecule has 0 bridgehead atoms. The van der Waals surface area contributed by atoms with E-state index in [-0.39, 0.29) is 11.5 Å². The highest BCUT2D eigenvalue weighted by atomic mass is 16.5. The second-order valence-corrected chi connectivity index (χ2v) is 41.4. The molecule has 24 rings (SSSR count). The second-order valence-electron chi connectivity index (χ2n) is 41.4. The van der Waals surface area contributed by atoms with E-state index in [1.54, 1.807) is 12.1 Å². The molecule has 7 heterocycles. The first-order chi connectivity index (χ1) is 71.9. The predicted molar refractivity (Wildman–Crippen MR) is 596 cm³/mol. The molecule has 17 nitrogen and oxygen atoms in total. The van der Waals surface area contributed by atoms with Crippen molar-refractivity contribution >= 4 is 45.5 Å². The zero-order valence-electron chi connectivity index (χ0n) is 86.1. The van der Waals surface area contributed by atoms with Gasteiger partial charge in [-0.2, -0.15) is 0 Å². The van der Waals surface area contributed by atoms with Crippen molar-refractivity contribution in [2.24, 2.45) is 0 Å². The fraction of sp³-hybridized carbons (Fsp3) is 0.221. The van der Waals surface area contributed by atoms with Crippen LogP contribution < -0.4 is 72.8 Å². The first-order valence-electron chi connectivity index (χ1n) is 51.4. The highest BCUT2D eigenvalue weighted by molar-refractivity contribution is 5.67. The van der Waals surface area contributed by atoms with E-state index in [1.165, 1.54) is 106 Å². The number of nitrogens with zero attached hydrogens (tertiary/aromatic N) is 7. The number of ether oxygens (including phenoxy) is 7. The van der Waals surface area contributed by atoms with Crippen molar-refractivity contribution in [1.29, 1.82) is 0 Å². The molecule has 0 radical (unpaired) electrons. The number of nitrogens with one attached hydrogen (secondary N) is 1. The molecule has 17 heteroatoms. The van der Waals surface area contributed by atoms with Crippen LogP contribution in [0.4, 0.5) is 45.5 Å². The first-order valence-corrected chi connectivity index (χ1v) is 51.4. The van der Waals surface area contributed by atoms with E-state index < -0.39 is 16.2 Å².